The fourth-order valence-corrected chi connectivity index (χ4v) is 4.92. The van der Waals surface area contributed by atoms with Gasteiger partial charge in [-0.25, -0.2) is 4.98 Å². The third-order valence-corrected chi connectivity index (χ3v) is 6.92. The van der Waals surface area contributed by atoms with Crippen molar-refractivity contribution >= 4 is 22.1 Å². The van der Waals surface area contributed by atoms with E-state index in [-0.39, 0.29) is 42.6 Å². The van der Waals surface area contributed by atoms with Crippen LogP contribution >= 0.6 is 0 Å². The Morgan fingerprint density at radius 3 is 2.35 bits per heavy atom. The minimum absolute atomic E-state index is 0. The van der Waals surface area contributed by atoms with Crippen molar-refractivity contribution in [2.45, 2.75) is 47.7 Å². The quantitative estimate of drug-likeness (QED) is 0.167. The molecule has 233 valence electrons. The van der Waals surface area contributed by atoms with E-state index in [4.69, 9.17) is 19.5 Å². The Hall–Kier alpha value is -4.44. The maximum Gasteiger partial charge on any atom is 0.216 e. The Balaban J connectivity index is 0.000000305. The second kappa shape index (κ2) is 13.9. The number of aryl methyl sites for hydroxylation is 3. The second-order valence-electron chi connectivity index (χ2n) is 11.5. The van der Waals surface area contributed by atoms with Crippen LogP contribution in [0.25, 0.3) is 55.7 Å². The monoisotopic (exact) mass is 791 g/mol. The van der Waals surface area contributed by atoms with Crippen LogP contribution in [0.5, 0.6) is 0 Å². The van der Waals surface area contributed by atoms with E-state index in [0.717, 1.165) is 11.3 Å². The van der Waals surface area contributed by atoms with Crippen LogP contribution in [-0.2, 0) is 26.5 Å². The van der Waals surface area contributed by atoms with Crippen LogP contribution in [0.1, 0.15) is 58.2 Å². The first kappa shape index (κ1) is 21.4. The van der Waals surface area contributed by atoms with Gasteiger partial charge in [0.15, 0.2) is 0 Å². The van der Waals surface area contributed by atoms with Crippen molar-refractivity contribution in [2.75, 3.05) is 0 Å². The molecular formula is C41H37IrN3O-2. The van der Waals surface area contributed by atoms with Gasteiger partial charge in [-0.2, -0.15) is 0 Å². The van der Waals surface area contributed by atoms with Crippen LogP contribution in [0.2, 0.25) is 0 Å². The Morgan fingerprint density at radius 2 is 1.65 bits per heavy atom. The number of hydrogen-bond donors (Lipinski definition) is 0. The number of hydrogen-bond acceptors (Lipinski definition) is 4. The molecule has 0 atom stereocenters. The summed E-state index contributed by atoms with van der Waals surface area (Å²) in [4.78, 5) is 12.8. The van der Waals surface area contributed by atoms with E-state index in [1.54, 1.807) is 66.7 Å². The van der Waals surface area contributed by atoms with E-state index in [2.05, 4.69) is 27.1 Å². The maximum absolute atomic E-state index is 8.57. The molecule has 7 aromatic rings. The number of furan rings is 1. The Labute approximate surface area is 300 Å². The summed E-state index contributed by atoms with van der Waals surface area (Å²) in [6.07, 6.45) is 1.12. The van der Waals surface area contributed by atoms with Gasteiger partial charge in [-0.15, -0.1) is 54.1 Å². The number of nitrogens with zero attached hydrogens (tertiary/aromatic N) is 3. The minimum Gasteiger partial charge on any atom is -0.486 e. The molecule has 46 heavy (non-hydrogen) atoms. The van der Waals surface area contributed by atoms with E-state index in [1.807, 2.05) is 39.0 Å². The van der Waals surface area contributed by atoms with Gasteiger partial charge in [0, 0.05) is 58.7 Å². The Bertz CT molecular complexity index is 2490. The molecule has 0 bridgehead atoms. The van der Waals surface area contributed by atoms with Gasteiger partial charge in [0.25, 0.3) is 0 Å². The number of rotatable bonds is 4. The molecule has 0 aliphatic rings. The number of aromatic nitrogens is 3. The van der Waals surface area contributed by atoms with E-state index < -0.39 is 32.3 Å². The Kier molecular flexibility index (Phi) is 6.46. The van der Waals surface area contributed by atoms with Gasteiger partial charge in [0.1, 0.15) is 0 Å². The van der Waals surface area contributed by atoms with Crippen LogP contribution in [0, 0.1) is 38.1 Å². The number of benzene rings is 3. The fourth-order valence-electron chi connectivity index (χ4n) is 4.92. The summed E-state index contributed by atoms with van der Waals surface area (Å²) in [5, 5.41) is 1.34. The first-order valence-corrected chi connectivity index (χ1v) is 14.4. The molecule has 0 aliphatic carbocycles. The van der Waals surface area contributed by atoms with Crippen molar-refractivity contribution in [2.24, 2.45) is 5.41 Å². The van der Waals surface area contributed by atoms with E-state index in [9.17, 15) is 0 Å². The molecule has 4 heterocycles. The largest absolute Gasteiger partial charge is 0.486 e. The van der Waals surface area contributed by atoms with Crippen molar-refractivity contribution in [3.05, 3.63) is 138 Å². The summed E-state index contributed by atoms with van der Waals surface area (Å²) in [6.45, 7) is -1.42. The summed E-state index contributed by atoms with van der Waals surface area (Å²) < 4.78 is 92.1. The van der Waals surface area contributed by atoms with E-state index in [0.29, 0.717) is 44.3 Å². The van der Waals surface area contributed by atoms with Gasteiger partial charge >= 0.3 is 0 Å². The molecule has 4 aromatic heterocycles. The maximum atomic E-state index is 8.57. The molecule has 0 saturated carbocycles. The van der Waals surface area contributed by atoms with Gasteiger partial charge in [-0.05, 0) is 83.7 Å². The molecule has 0 N–H and O–H groups in total. The molecule has 7 rings (SSSR count). The predicted octanol–water partition coefficient (Wildman–Crippen LogP) is 10.6. The van der Waals surface area contributed by atoms with Crippen molar-refractivity contribution < 1.29 is 39.6 Å². The van der Waals surface area contributed by atoms with Gasteiger partial charge in [0.05, 0.1) is 5.58 Å². The first-order valence-electron chi connectivity index (χ1n) is 19.9. The van der Waals surface area contributed by atoms with Gasteiger partial charge in [0.2, 0.25) is 5.71 Å². The SMILES string of the molecule is [2H]C([2H])([2H])c1ccc(-c2[c-]cccc2)nc1.[2H]C([2H])([2H])c1ccc2c(n1)oc1c(-c3cc(-c4ccc(C([2H])([2H])C(C)(C)C)cc4)c(C([2H])([2H])[2H])cn3)[c-]ccc12.[Ir]. The third-order valence-electron chi connectivity index (χ3n) is 6.92. The predicted molar refractivity (Wildman–Crippen MR) is 185 cm³/mol. The zero-order valence-corrected chi connectivity index (χ0v) is 27.8. The average Bonchev–Trinajstić information content (AvgIpc) is 3.52. The molecule has 0 fully saturated rings. The van der Waals surface area contributed by atoms with Crippen LogP contribution in [0.4, 0.5) is 0 Å². The fraction of sp³-hybridized carbons (Fsp3) is 0.195. The molecule has 0 amide bonds. The summed E-state index contributed by atoms with van der Waals surface area (Å²) >= 11 is 0. The average molecular weight is 791 g/mol. The zero-order chi connectivity index (χ0) is 40.8. The van der Waals surface area contributed by atoms with Crippen LogP contribution in [0.15, 0.2) is 108 Å². The number of fused-ring (bicyclic) bond motifs is 3. The zero-order valence-electron chi connectivity index (χ0n) is 36.4. The van der Waals surface area contributed by atoms with Crippen LogP contribution in [-0.4, -0.2) is 15.0 Å². The topological polar surface area (TPSA) is 51.8 Å². The molecule has 0 spiro atoms. The van der Waals surface area contributed by atoms with Gasteiger partial charge in [-0.1, -0.05) is 74.2 Å². The summed E-state index contributed by atoms with van der Waals surface area (Å²) in [6, 6.07) is 32.0. The van der Waals surface area contributed by atoms with E-state index in [1.165, 1.54) is 18.5 Å². The van der Waals surface area contributed by atoms with Crippen molar-refractivity contribution in [3.8, 4) is 33.6 Å². The molecular weight excluding hydrogens is 743 g/mol. The van der Waals surface area contributed by atoms with Crippen LogP contribution < -0.4 is 0 Å². The third kappa shape index (κ3) is 7.50. The molecule has 3 aromatic carbocycles. The Morgan fingerprint density at radius 1 is 0.804 bits per heavy atom. The van der Waals surface area contributed by atoms with Gasteiger partial charge < -0.3 is 14.4 Å². The summed E-state index contributed by atoms with van der Waals surface area (Å²) in [7, 11) is 0. The summed E-state index contributed by atoms with van der Waals surface area (Å²) in [5.74, 6) is 0. The molecule has 4 nitrogen and oxygen atoms in total. The summed E-state index contributed by atoms with van der Waals surface area (Å²) in [5.41, 5.74) is 4.19. The minimum atomic E-state index is -2.44. The second-order valence-corrected chi connectivity index (χ2v) is 11.5. The molecule has 0 aliphatic heterocycles. The molecule has 5 heteroatoms. The van der Waals surface area contributed by atoms with Crippen molar-refractivity contribution in [1.29, 1.82) is 0 Å². The van der Waals surface area contributed by atoms with Gasteiger partial charge in [-0.3, -0.25) is 0 Å². The first-order chi connectivity index (χ1) is 26.1. The smallest absolute Gasteiger partial charge is 0.216 e. The molecule has 1 radical (unpaired) electrons. The number of pyridine rings is 3. The van der Waals surface area contributed by atoms with E-state index >= 15 is 0 Å². The van der Waals surface area contributed by atoms with Crippen molar-refractivity contribution in [3.63, 3.8) is 0 Å². The van der Waals surface area contributed by atoms with Crippen LogP contribution in [0.3, 0.4) is 0 Å². The van der Waals surface area contributed by atoms with Crippen molar-refractivity contribution in [1.82, 2.24) is 15.0 Å². The molecule has 0 saturated heterocycles. The normalized spacial score (nSPS) is 15.8. The standard InChI is InChI=1S/C29H27N2O.C12H10N.Ir/c1-18-17-30-26(15-25(18)21-12-10-20(11-13-21)16-29(3,4)5)24-8-6-7-22-23-14-9-19(2)31-28(23)32-27(22)24;1-10-7-8-12(13-9-10)11-5-3-2-4-6-11;/h6-7,9-15,17H,16H2,1-5H3;2-5,7-9H,1H3;/q2*-1;/i1D3,2D3,16D2;1D3;. The molecule has 0 unspecified atom stereocenters.